The van der Waals surface area contributed by atoms with E-state index < -0.39 is 0 Å². The van der Waals surface area contributed by atoms with E-state index in [1.807, 2.05) is 79.7 Å². The number of rotatable bonds is 3. The van der Waals surface area contributed by atoms with Gasteiger partial charge in [-0.25, -0.2) is 4.99 Å². The molecule has 0 bridgehead atoms. The number of hydrogen-bond acceptors (Lipinski definition) is 3. The highest BCUT2D eigenvalue weighted by molar-refractivity contribution is 6.22. The molecule has 4 aromatic rings. The summed E-state index contributed by atoms with van der Waals surface area (Å²) in [6.07, 6.45) is 0. The number of H-pyrrole nitrogens is 1. The first-order chi connectivity index (χ1) is 12.6. The fourth-order valence-electron chi connectivity index (χ4n) is 3.12. The van der Waals surface area contributed by atoms with Crippen LogP contribution < -0.4 is 5.73 Å². The lowest BCUT2D eigenvalue weighted by Crippen LogP contribution is -2.03. The van der Waals surface area contributed by atoms with Crippen LogP contribution in [0.1, 0.15) is 16.7 Å². The number of nitrogens with one attached hydrogen (secondary N) is 1. The van der Waals surface area contributed by atoms with Crippen molar-refractivity contribution in [1.29, 1.82) is 0 Å². The monoisotopic (exact) mass is 341 g/mol. The Morgan fingerprint density at radius 3 is 2.54 bits per heavy atom. The van der Waals surface area contributed by atoms with Crippen LogP contribution in [-0.2, 0) is 0 Å². The molecule has 0 radical (unpaired) electrons. The molecule has 0 aliphatic carbocycles. The number of aromatic hydroxyl groups is 1. The summed E-state index contributed by atoms with van der Waals surface area (Å²) < 4.78 is 0. The molecule has 4 heteroatoms. The van der Waals surface area contributed by atoms with E-state index in [0.29, 0.717) is 17.0 Å². The summed E-state index contributed by atoms with van der Waals surface area (Å²) in [4.78, 5) is 7.89. The molecule has 0 fully saturated rings. The molecular formula is C22H19N3O. The molecule has 0 saturated heterocycles. The number of aromatic amines is 1. The number of nitrogen functional groups attached to an aromatic ring is 1. The summed E-state index contributed by atoms with van der Waals surface area (Å²) in [7, 11) is 0. The van der Waals surface area contributed by atoms with Crippen LogP contribution >= 0.6 is 0 Å². The van der Waals surface area contributed by atoms with Crippen molar-refractivity contribution in [2.24, 2.45) is 4.99 Å². The highest BCUT2D eigenvalue weighted by Crippen LogP contribution is 2.32. The van der Waals surface area contributed by atoms with Crippen molar-refractivity contribution in [3.05, 3.63) is 89.5 Å². The van der Waals surface area contributed by atoms with Gasteiger partial charge < -0.3 is 15.8 Å². The fraction of sp³-hybridized carbons (Fsp3) is 0.0455. The van der Waals surface area contributed by atoms with Gasteiger partial charge in [-0.2, -0.15) is 0 Å². The number of benzene rings is 3. The Hall–Kier alpha value is -3.53. The Morgan fingerprint density at radius 1 is 0.962 bits per heavy atom. The number of aryl methyl sites for hydroxylation is 1. The summed E-state index contributed by atoms with van der Waals surface area (Å²) in [5.74, 6) is 0.0841. The van der Waals surface area contributed by atoms with Crippen molar-refractivity contribution in [2.75, 3.05) is 5.73 Å². The predicted molar refractivity (Wildman–Crippen MR) is 107 cm³/mol. The van der Waals surface area contributed by atoms with Crippen LogP contribution in [0.2, 0.25) is 0 Å². The van der Waals surface area contributed by atoms with Gasteiger partial charge in [0.15, 0.2) is 5.88 Å². The summed E-state index contributed by atoms with van der Waals surface area (Å²) in [5.41, 5.74) is 11.7. The number of nitrogens with zero attached hydrogens (tertiary/aromatic N) is 1. The maximum atomic E-state index is 10.6. The minimum atomic E-state index is 0.0841. The molecule has 1 heterocycles. The van der Waals surface area contributed by atoms with Crippen molar-refractivity contribution in [2.45, 2.75) is 6.92 Å². The molecule has 26 heavy (non-hydrogen) atoms. The van der Waals surface area contributed by atoms with E-state index in [9.17, 15) is 5.11 Å². The molecule has 0 saturated carbocycles. The maximum absolute atomic E-state index is 10.6. The van der Waals surface area contributed by atoms with E-state index in [1.54, 1.807) is 0 Å². The second kappa shape index (κ2) is 6.41. The summed E-state index contributed by atoms with van der Waals surface area (Å²) in [6, 6.07) is 23.4. The van der Waals surface area contributed by atoms with Crippen LogP contribution in [0.15, 0.2) is 77.8 Å². The van der Waals surface area contributed by atoms with Gasteiger partial charge in [-0.3, -0.25) is 0 Å². The molecular weight excluding hydrogens is 322 g/mol. The summed E-state index contributed by atoms with van der Waals surface area (Å²) in [5, 5.41) is 11.5. The second-order valence-electron chi connectivity index (χ2n) is 6.32. The van der Waals surface area contributed by atoms with Crippen molar-refractivity contribution < 1.29 is 5.11 Å². The van der Waals surface area contributed by atoms with Crippen molar-refractivity contribution in [3.63, 3.8) is 0 Å². The Kier molecular flexibility index (Phi) is 3.93. The average Bonchev–Trinajstić information content (AvgIpc) is 2.95. The minimum absolute atomic E-state index is 0.0841. The molecule has 0 aliphatic rings. The van der Waals surface area contributed by atoms with Gasteiger partial charge in [0.1, 0.15) is 0 Å². The topological polar surface area (TPSA) is 74.4 Å². The Morgan fingerprint density at radius 2 is 1.77 bits per heavy atom. The molecule has 0 atom stereocenters. The van der Waals surface area contributed by atoms with Gasteiger partial charge in [0, 0.05) is 22.2 Å². The molecule has 4 nitrogen and oxygen atoms in total. The van der Waals surface area contributed by atoms with Gasteiger partial charge in [0.25, 0.3) is 0 Å². The van der Waals surface area contributed by atoms with E-state index >= 15 is 0 Å². The second-order valence-corrected chi connectivity index (χ2v) is 6.32. The maximum Gasteiger partial charge on any atom is 0.199 e. The van der Waals surface area contributed by atoms with Crippen LogP contribution in [0.5, 0.6) is 5.88 Å². The highest BCUT2D eigenvalue weighted by Gasteiger charge is 2.18. The summed E-state index contributed by atoms with van der Waals surface area (Å²) >= 11 is 0. The number of anilines is 1. The SMILES string of the molecule is Cc1cccc(N=C(c2ccccc2)c2c(O)[nH]c3ccc(N)cc23)c1. The lowest BCUT2D eigenvalue weighted by atomic mass is 10.0. The summed E-state index contributed by atoms with van der Waals surface area (Å²) in [6.45, 7) is 2.03. The third-order valence-corrected chi connectivity index (χ3v) is 4.33. The first-order valence-corrected chi connectivity index (χ1v) is 8.43. The van der Waals surface area contributed by atoms with Crippen molar-refractivity contribution in [3.8, 4) is 5.88 Å². The Bertz CT molecular complexity index is 1110. The fourth-order valence-corrected chi connectivity index (χ4v) is 3.12. The molecule has 1 aromatic heterocycles. The number of aromatic nitrogens is 1. The Labute approximate surface area is 151 Å². The zero-order chi connectivity index (χ0) is 18.1. The molecule has 4 N–H and O–H groups in total. The standard InChI is InChI=1S/C22H19N3O/c1-14-6-5-9-17(12-14)24-21(15-7-3-2-4-8-15)20-18-13-16(23)10-11-19(18)25-22(20)26/h2-13,25-26H,23H2,1H3. The molecule has 3 aromatic carbocycles. The first-order valence-electron chi connectivity index (χ1n) is 8.43. The molecule has 0 aliphatic heterocycles. The van der Waals surface area contributed by atoms with Crippen LogP contribution in [0.25, 0.3) is 10.9 Å². The van der Waals surface area contributed by atoms with Crippen LogP contribution in [0.4, 0.5) is 11.4 Å². The largest absolute Gasteiger partial charge is 0.494 e. The number of aliphatic imine (C=N–C) groups is 1. The molecule has 0 spiro atoms. The minimum Gasteiger partial charge on any atom is -0.494 e. The molecule has 128 valence electrons. The molecule has 0 amide bonds. The normalized spacial score (nSPS) is 11.8. The van der Waals surface area contributed by atoms with Gasteiger partial charge in [-0.05, 0) is 42.8 Å². The molecule has 4 rings (SSSR count). The van der Waals surface area contributed by atoms with Crippen molar-refractivity contribution >= 4 is 28.0 Å². The zero-order valence-electron chi connectivity index (χ0n) is 14.4. The van der Waals surface area contributed by atoms with Gasteiger partial charge in [0.2, 0.25) is 0 Å². The average molecular weight is 341 g/mol. The van der Waals surface area contributed by atoms with E-state index in [1.165, 1.54) is 0 Å². The Balaban J connectivity index is 2.01. The van der Waals surface area contributed by atoms with E-state index in [2.05, 4.69) is 4.98 Å². The lowest BCUT2D eigenvalue weighted by molar-refractivity contribution is 0.457. The zero-order valence-corrected chi connectivity index (χ0v) is 14.4. The van der Waals surface area contributed by atoms with Gasteiger partial charge >= 0.3 is 0 Å². The van der Waals surface area contributed by atoms with Crippen molar-refractivity contribution in [1.82, 2.24) is 4.98 Å². The van der Waals surface area contributed by atoms with E-state index in [-0.39, 0.29) is 5.88 Å². The quantitative estimate of drug-likeness (QED) is 0.365. The molecule has 0 unspecified atom stereocenters. The predicted octanol–water partition coefficient (Wildman–Crippen LogP) is 4.93. The van der Waals surface area contributed by atoms with Gasteiger partial charge in [0.05, 0.1) is 17.0 Å². The number of hydrogen-bond donors (Lipinski definition) is 3. The van der Waals surface area contributed by atoms with Crippen LogP contribution in [0.3, 0.4) is 0 Å². The first kappa shape index (κ1) is 16.0. The number of nitrogens with two attached hydrogens (primary N) is 1. The van der Waals surface area contributed by atoms with Crippen LogP contribution in [-0.4, -0.2) is 15.8 Å². The van der Waals surface area contributed by atoms with Gasteiger partial charge in [-0.1, -0.05) is 42.5 Å². The van der Waals surface area contributed by atoms with E-state index in [4.69, 9.17) is 10.7 Å². The number of fused-ring (bicyclic) bond motifs is 1. The van der Waals surface area contributed by atoms with Crippen LogP contribution in [0, 0.1) is 6.92 Å². The van der Waals surface area contributed by atoms with E-state index in [0.717, 1.165) is 27.7 Å². The lowest BCUT2D eigenvalue weighted by Gasteiger charge is -2.08. The van der Waals surface area contributed by atoms with Gasteiger partial charge in [-0.15, -0.1) is 0 Å². The third-order valence-electron chi connectivity index (χ3n) is 4.33. The highest BCUT2D eigenvalue weighted by atomic mass is 16.3. The third kappa shape index (κ3) is 2.93. The smallest absolute Gasteiger partial charge is 0.199 e.